The van der Waals surface area contributed by atoms with E-state index in [2.05, 4.69) is 42.8 Å². The molecule has 102 valence electrons. The van der Waals surface area contributed by atoms with Gasteiger partial charge in [0.25, 0.3) is 0 Å². The molecule has 1 rings (SSSR count). The van der Waals surface area contributed by atoms with Crippen LogP contribution in [-0.2, 0) is 9.53 Å². The van der Waals surface area contributed by atoms with Gasteiger partial charge in [0.2, 0.25) is 0 Å². The smallest absolute Gasteiger partial charge is 0.317 e. The molecule has 0 aromatic carbocycles. The third-order valence-corrected chi connectivity index (χ3v) is 3.96. The van der Waals surface area contributed by atoms with E-state index in [1.807, 2.05) is 13.0 Å². The van der Waals surface area contributed by atoms with Crippen LogP contribution < -0.4 is 0 Å². The maximum Gasteiger partial charge on any atom is 0.317 e. The van der Waals surface area contributed by atoms with Crippen LogP contribution in [0.5, 0.6) is 0 Å². The van der Waals surface area contributed by atoms with Gasteiger partial charge in [-0.2, -0.15) is 0 Å². The normalized spacial score (nSPS) is 21.2. The summed E-state index contributed by atoms with van der Waals surface area (Å²) in [4.78, 5) is 11.2. The van der Waals surface area contributed by atoms with Crippen molar-refractivity contribution < 1.29 is 9.53 Å². The predicted octanol–water partition coefficient (Wildman–Crippen LogP) is 4.40. The monoisotopic (exact) mass is 314 g/mol. The van der Waals surface area contributed by atoms with Crippen molar-refractivity contribution in [3.8, 4) is 0 Å². The van der Waals surface area contributed by atoms with Crippen LogP contribution in [0.1, 0.15) is 47.0 Å². The lowest BCUT2D eigenvalue weighted by atomic mass is 9.72. The fourth-order valence-corrected chi connectivity index (χ4v) is 2.65. The van der Waals surface area contributed by atoms with Gasteiger partial charge in [-0.25, -0.2) is 0 Å². The van der Waals surface area contributed by atoms with Gasteiger partial charge in [0.15, 0.2) is 0 Å². The Morgan fingerprint density at radius 1 is 1.56 bits per heavy atom. The average Bonchev–Trinajstić information content (AvgIpc) is 2.27. The lowest BCUT2D eigenvalue weighted by Crippen LogP contribution is -2.20. The number of carbonyl (C=O) groups is 1. The number of carbonyl (C=O) groups excluding carboxylic acids is 1. The first-order chi connectivity index (χ1) is 8.36. The van der Waals surface area contributed by atoms with Crippen LogP contribution in [0.4, 0.5) is 0 Å². The molecule has 0 heterocycles. The highest BCUT2D eigenvalue weighted by atomic mass is 79.9. The Bertz CT molecular complexity index is 367. The van der Waals surface area contributed by atoms with Crippen molar-refractivity contribution in [1.82, 2.24) is 0 Å². The summed E-state index contributed by atoms with van der Waals surface area (Å²) in [6.45, 7) is 8.66. The van der Waals surface area contributed by atoms with Gasteiger partial charge in [0, 0.05) is 0 Å². The molecular formula is C15H23BrO2. The Labute approximate surface area is 119 Å². The maximum atomic E-state index is 11.2. The molecule has 1 atom stereocenters. The van der Waals surface area contributed by atoms with Crippen LogP contribution in [0.15, 0.2) is 23.3 Å². The first kappa shape index (κ1) is 15.5. The molecule has 0 fully saturated rings. The molecule has 3 heteroatoms. The minimum atomic E-state index is -0.222. The second-order valence-corrected chi connectivity index (χ2v) is 6.18. The zero-order valence-corrected chi connectivity index (χ0v) is 13.3. The summed E-state index contributed by atoms with van der Waals surface area (Å²) >= 11 is 3.09. The predicted molar refractivity (Wildman–Crippen MR) is 78.8 cm³/mol. The number of hydrogen-bond donors (Lipinski definition) is 0. The standard InChI is InChI=1S/C15H23BrO2/c1-11-6-5-9-15(3,4)13(11)8-7-12(2)18-14(17)10-16/h7-8,12H,5-6,9-10H2,1-4H3/b8-7+. The van der Waals surface area contributed by atoms with Crippen LogP contribution in [0.3, 0.4) is 0 Å². The highest BCUT2D eigenvalue weighted by molar-refractivity contribution is 9.09. The highest BCUT2D eigenvalue weighted by Crippen LogP contribution is 2.40. The van der Waals surface area contributed by atoms with Crippen molar-refractivity contribution in [2.24, 2.45) is 5.41 Å². The minimum Gasteiger partial charge on any atom is -0.458 e. The number of halogens is 1. The molecule has 18 heavy (non-hydrogen) atoms. The van der Waals surface area contributed by atoms with Crippen LogP contribution in [0, 0.1) is 5.41 Å². The summed E-state index contributed by atoms with van der Waals surface area (Å²) in [6.07, 6.45) is 7.61. The highest BCUT2D eigenvalue weighted by Gasteiger charge is 2.26. The Balaban J connectivity index is 2.73. The largest absolute Gasteiger partial charge is 0.458 e. The second kappa shape index (κ2) is 6.55. The third kappa shape index (κ3) is 4.27. The zero-order valence-electron chi connectivity index (χ0n) is 11.8. The number of rotatable bonds is 4. The summed E-state index contributed by atoms with van der Waals surface area (Å²) in [6, 6.07) is 0. The fraction of sp³-hybridized carbons (Fsp3) is 0.667. The minimum absolute atomic E-state index is 0.173. The van der Waals surface area contributed by atoms with Gasteiger partial charge >= 0.3 is 5.97 Å². The molecule has 0 aromatic heterocycles. The van der Waals surface area contributed by atoms with Crippen molar-refractivity contribution in [1.29, 1.82) is 0 Å². The van der Waals surface area contributed by atoms with E-state index in [1.54, 1.807) is 0 Å². The van der Waals surface area contributed by atoms with Crippen molar-refractivity contribution in [3.05, 3.63) is 23.3 Å². The van der Waals surface area contributed by atoms with Gasteiger partial charge < -0.3 is 4.74 Å². The maximum absolute atomic E-state index is 11.2. The van der Waals surface area contributed by atoms with Gasteiger partial charge in [0.1, 0.15) is 11.4 Å². The van der Waals surface area contributed by atoms with Crippen LogP contribution in [0.2, 0.25) is 0 Å². The molecule has 1 aliphatic rings. The number of esters is 1. The number of alkyl halides is 1. The van der Waals surface area contributed by atoms with E-state index >= 15 is 0 Å². The molecule has 0 spiro atoms. The molecule has 0 amide bonds. The molecule has 2 nitrogen and oxygen atoms in total. The molecule has 0 saturated heterocycles. The summed E-state index contributed by atoms with van der Waals surface area (Å²) in [7, 11) is 0. The Morgan fingerprint density at radius 3 is 2.78 bits per heavy atom. The number of ether oxygens (including phenoxy) is 1. The summed E-state index contributed by atoms with van der Waals surface area (Å²) < 4.78 is 5.20. The van der Waals surface area contributed by atoms with Crippen molar-refractivity contribution in [2.75, 3.05) is 5.33 Å². The fourth-order valence-electron chi connectivity index (χ4n) is 2.52. The average molecular weight is 315 g/mol. The van der Waals surface area contributed by atoms with Crippen LogP contribution in [-0.4, -0.2) is 17.4 Å². The molecule has 0 aromatic rings. The van der Waals surface area contributed by atoms with Gasteiger partial charge in [-0.05, 0) is 50.2 Å². The zero-order chi connectivity index (χ0) is 13.8. The van der Waals surface area contributed by atoms with Gasteiger partial charge in [-0.15, -0.1) is 0 Å². The molecule has 0 bridgehead atoms. The second-order valence-electron chi connectivity index (χ2n) is 5.62. The van der Waals surface area contributed by atoms with Crippen molar-refractivity contribution in [3.63, 3.8) is 0 Å². The molecule has 0 N–H and O–H groups in total. The van der Waals surface area contributed by atoms with Crippen LogP contribution in [0.25, 0.3) is 0 Å². The lowest BCUT2D eigenvalue weighted by Gasteiger charge is -2.33. The van der Waals surface area contributed by atoms with Gasteiger partial charge in [0.05, 0.1) is 0 Å². The topological polar surface area (TPSA) is 26.3 Å². The molecule has 1 aliphatic carbocycles. The van der Waals surface area contributed by atoms with Crippen molar-refractivity contribution >= 4 is 21.9 Å². The number of hydrogen-bond acceptors (Lipinski definition) is 2. The molecular weight excluding hydrogens is 292 g/mol. The van der Waals surface area contributed by atoms with E-state index in [0.29, 0.717) is 0 Å². The molecule has 1 unspecified atom stereocenters. The van der Waals surface area contributed by atoms with Crippen LogP contribution >= 0.6 is 15.9 Å². The van der Waals surface area contributed by atoms with E-state index in [9.17, 15) is 4.79 Å². The number of allylic oxidation sites excluding steroid dienone is 3. The third-order valence-electron chi connectivity index (χ3n) is 3.50. The summed E-state index contributed by atoms with van der Waals surface area (Å²) in [5, 5.41) is 0.248. The summed E-state index contributed by atoms with van der Waals surface area (Å²) in [5.41, 5.74) is 3.09. The van der Waals surface area contributed by atoms with E-state index in [4.69, 9.17) is 4.74 Å². The molecule has 0 radical (unpaired) electrons. The molecule has 0 saturated carbocycles. The van der Waals surface area contributed by atoms with Gasteiger partial charge in [-0.1, -0.05) is 41.4 Å². The van der Waals surface area contributed by atoms with Gasteiger partial charge in [-0.3, -0.25) is 4.79 Å². The SMILES string of the molecule is CC1=C(/C=C/C(C)OC(=O)CBr)C(C)(C)CCC1. The first-order valence-electron chi connectivity index (χ1n) is 6.50. The first-order valence-corrected chi connectivity index (χ1v) is 7.63. The van der Waals surface area contributed by atoms with E-state index in [-0.39, 0.29) is 22.8 Å². The van der Waals surface area contributed by atoms with E-state index in [0.717, 1.165) is 0 Å². The Morgan fingerprint density at radius 2 is 2.22 bits per heavy atom. The van der Waals surface area contributed by atoms with E-state index < -0.39 is 0 Å². The quantitative estimate of drug-likeness (QED) is 0.568. The molecule has 0 aliphatic heterocycles. The Kier molecular flexibility index (Phi) is 5.64. The van der Waals surface area contributed by atoms with E-state index in [1.165, 1.54) is 30.4 Å². The van der Waals surface area contributed by atoms with Crippen molar-refractivity contribution in [2.45, 2.75) is 53.1 Å². The lowest BCUT2D eigenvalue weighted by molar-refractivity contribution is -0.142. The Hall–Kier alpha value is -0.570. The summed E-state index contributed by atoms with van der Waals surface area (Å²) in [5.74, 6) is -0.222.